The molecule has 8 nitrogen and oxygen atoms in total. The number of pyridine rings is 2. The van der Waals surface area contributed by atoms with Gasteiger partial charge in [0.2, 0.25) is 0 Å². The maximum atomic E-state index is 13.4. The zero-order chi connectivity index (χ0) is 28.7. The second kappa shape index (κ2) is 12.8. The number of amides is 2. The Morgan fingerprint density at radius 3 is 1.38 bits per heavy atom. The lowest BCUT2D eigenvalue weighted by molar-refractivity contribution is -0.114. The van der Waals surface area contributed by atoms with Gasteiger partial charge < -0.3 is 0 Å². The van der Waals surface area contributed by atoms with E-state index >= 15 is 0 Å². The van der Waals surface area contributed by atoms with Crippen molar-refractivity contribution in [3.63, 3.8) is 0 Å². The fourth-order valence-electron chi connectivity index (χ4n) is 4.30. The van der Waals surface area contributed by atoms with Crippen LogP contribution in [0.3, 0.4) is 0 Å². The Morgan fingerprint density at radius 2 is 1.00 bits per heavy atom. The zero-order valence-corrected chi connectivity index (χ0v) is 23.9. The van der Waals surface area contributed by atoms with Gasteiger partial charge in [0.15, 0.2) is 10.3 Å². The molecular formula is C32H24N6O2S2. The van der Waals surface area contributed by atoms with Gasteiger partial charge in [0.05, 0.1) is 11.4 Å². The van der Waals surface area contributed by atoms with E-state index in [0.29, 0.717) is 33.2 Å². The Labute approximate surface area is 251 Å². The topological polar surface area (TPSA) is 91.1 Å². The molecule has 4 heterocycles. The zero-order valence-electron chi connectivity index (χ0n) is 22.3. The van der Waals surface area contributed by atoms with Gasteiger partial charge in [-0.1, -0.05) is 72.1 Å². The number of carbonyl (C=O) groups is 2. The summed E-state index contributed by atoms with van der Waals surface area (Å²) in [7, 11) is 0. The lowest BCUT2D eigenvalue weighted by Crippen LogP contribution is -2.31. The molecule has 0 aliphatic carbocycles. The van der Waals surface area contributed by atoms with Crippen molar-refractivity contribution >= 4 is 69.2 Å². The summed E-state index contributed by atoms with van der Waals surface area (Å²) in [4.78, 5) is 47.8. The van der Waals surface area contributed by atoms with E-state index in [1.165, 1.54) is 23.5 Å². The molecule has 206 valence electrons. The number of aliphatic imine (C=N–C) groups is 2. The van der Waals surface area contributed by atoms with Crippen molar-refractivity contribution in [1.29, 1.82) is 0 Å². The minimum atomic E-state index is -0.189. The fourth-order valence-corrected chi connectivity index (χ4v) is 6.29. The van der Waals surface area contributed by atoms with E-state index in [1.54, 1.807) is 46.7 Å². The van der Waals surface area contributed by atoms with E-state index < -0.39 is 0 Å². The van der Waals surface area contributed by atoms with E-state index in [0.717, 1.165) is 22.5 Å². The number of hydrogen-bond donors (Lipinski definition) is 0. The third-order valence-electron chi connectivity index (χ3n) is 6.21. The molecule has 0 saturated carbocycles. The molecule has 6 rings (SSSR count). The van der Waals surface area contributed by atoms with Gasteiger partial charge in [0.1, 0.15) is 11.4 Å². The first-order valence-corrected chi connectivity index (χ1v) is 15.1. The maximum Gasteiger partial charge on any atom is 0.283 e. The van der Waals surface area contributed by atoms with Gasteiger partial charge >= 0.3 is 0 Å². The summed E-state index contributed by atoms with van der Waals surface area (Å²) in [6, 6.07) is 26.4. The van der Waals surface area contributed by atoms with E-state index in [4.69, 9.17) is 9.98 Å². The molecule has 0 fully saturated rings. The molecule has 0 radical (unpaired) electrons. The van der Waals surface area contributed by atoms with Crippen LogP contribution in [0.2, 0.25) is 0 Å². The Morgan fingerprint density at radius 1 is 0.571 bits per heavy atom. The molecule has 4 aromatic rings. The molecule has 10 heteroatoms. The minimum Gasteiger partial charge on any atom is -0.266 e. The molecule has 0 unspecified atom stereocenters. The summed E-state index contributed by atoms with van der Waals surface area (Å²) < 4.78 is 0. The van der Waals surface area contributed by atoms with E-state index in [2.05, 4.69) is 9.97 Å². The predicted molar refractivity (Wildman–Crippen MR) is 172 cm³/mol. The van der Waals surface area contributed by atoms with Crippen molar-refractivity contribution in [2.24, 2.45) is 9.98 Å². The van der Waals surface area contributed by atoms with Crippen LogP contribution < -0.4 is 9.80 Å². The number of nitrogens with zero attached hydrogens (tertiary/aromatic N) is 6. The van der Waals surface area contributed by atoms with Crippen molar-refractivity contribution in [2.75, 3.05) is 21.3 Å². The molecule has 0 spiro atoms. The van der Waals surface area contributed by atoms with Gasteiger partial charge in [-0.2, -0.15) is 0 Å². The van der Waals surface area contributed by atoms with Crippen LogP contribution in [0.15, 0.2) is 131 Å². The Kier molecular flexibility index (Phi) is 8.34. The number of thioether (sulfide) groups is 2. The quantitative estimate of drug-likeness (QED) is 0.191. The molecule has 0 bridgehead atoms. The molecule has 2 aliphatic heterocycles. The summed E-state index contributed by atoms with van der Waals surface area (Å²) in [6.45, 7) is 0. The Balaban J connectivity index is 1.20. The molecule has 0 atom stereocenters. The number of para-hydroxylation sites is 2. The van der Waals surface area contributed by atoms with Crippen molar-refractivity contribution in [1.82, 2.24) is 9.97 Å². The normalized spacial score (nSPS) is 16.9. The summed E-state index contributed by atoms with van der Waals surface area (Å²) in [5.74, 6) is 0.896. The third kappa shape index (κ3) is 6.09. The standard InChI is InChI=1S/C32H24N6O2S2/c39-29-27(19-23-9-7-15-33-21-23)35-31(37(29)25-11-3-1-4-12-25)41-17-18-42-32-36-28(20-24-10-8-16-34-22-24)30(40)38(32)26-13-5-2-6-14-26/h1-16,19-22H,17-18H2/b27-19+,28-20+. The molecular weight excluding hydrogens is 565 g/mol. The van der Waals surface area contributed by atoms with Crippen LogP contribution in [0.4, 0.5) is 11.4 Å². The molecule has 2 aromatic carbocycles. The highest BCUT2D eigenvalue weighted by Gasteiger charge is 2.33. The van der Waals surface area contributed by atoms with Gasteiger partial charge in [-0.25, -0.2) is 9.98 Å². The average Bonchev–Trinajstić information content (AvgIpc) is 3.51. The van der Waals surface area contributed by atoms with Gasteiger partial charge in [-0.15, -0.1) is 0 Å². The first kappa shape index (κ1) is 27.4. The largest absolute Gasteiger partial charge is 0.283 e. The molecule has 0 N–H and O–H groups in total. The lowest BCUT2D eigenvalue weighted by atomic mass is 10.2. The van der Waals surface area contributed by atoms with E-state index in [-0.39, 0.29) is 11.8 Å². The molecule has 2 aliphatic rings. The summed E-state index contributed by atoms with van der Waals surface area (Å²) in [6.07, 6.45) is 10.3. The van der Waals surface area contributed by atoms with Crippen LogP contribution in [0.25, 0.3) is 12.2 Å². The van der Waals surface area contributed by atoms with Crippen LogP contribution in [0.5, 0.6) is 0 Å². The SMILES string of the molecule is O=C1/C(=C\c2cccnc2)N=C(SCCSC2=N/C(=C/c3cccnc3)C(=O)N2c2ccccc2)N1c1ccccc1. The van der Waals surface area contributed by atoms with Crippen LogP contribution in [-0.2, 0) is 9.59 Å². The average molecular weight is 589 g/mol. The number of anilines is 2. The van der Waals surface area contributed by atoms with Gasteiger partial charge in [-0.05, 0) is 59.7 Å². The van der Waals surface area contributed by atoms with Gasteiger partial charge in [0, 0.05) is 36.3 Å². The highest BCUT2D eigenvalue weighted by Crippen LogP contribution is 2.32. The number of hydrogen-bond acceptors (Lipinski definition) is 8. The van der Waals surface area contributed by atoms with Crippen molar-refractivity contribution < 1.29 is 9.59 Å². The predicted octanol–water partition coefficient (Wildman–Crippen LogP) is 6.13. The fraction of sp³-hybridized carbons (Fsp3) is 0.0625. The van der Waals surface area contributed by atoms with E-state index in [9.17, 15) is 9.59 Å². The Hall–Kier alpha value is -4.80. The molecule has 42 heavy (non-hydrogen) atoms. The van der Waals surface area contributed by atoms with Crippen LogP contribution in [0, 0.1) is 0 Å². The number of benzene rings is 2. The molecule has 2 amide bonds. The van der Waals surface area contributed by atoms with Crippen molar-refractivity contribution in [3.05, 3.63) is 132 Å². The van der Waals surface area contributed by atoms with Gasteiger partial charge in [0.25, 0.3) is 11.8 Å². The lowest BCUT2D eigenvalue weighted by Gasteiger charge is -2.19. The molecule has 0 saturated heterocycles. The molecule has 2 aromatic heterocycles. The smallest absolute Gasteiger partial charge is 0.266 e. The summed E-state index contributed by atoms with van der Waals surface area (Å²) >= 11 is 2.97. The first-order chi connectivity index (χ1) is 20.7. The Bertz CT molecular complexity index is 1580. The number of carbonyl (C=O) groups excluding carboxylic acids is 2. The van der Waals surface area contributed by atoms with Crippen molar-refractivity contribution in [2.45, 2.75) is 0 Å². The monoisotopic (exact) mass is 588 g/mol. The van der Waals surface area contributed by atoms with Crippen LogP contribution in [-0.4, -0.2) is 43.6 Å². The third-order valence-corrected chi connectivity index (χ3v) is 8.35. The van der Waals surface area contributed by atoms with Crippen LogP contribution >= 0.6 is 23.5 Å². The second-order valence-electron chi connectivity index (χ2n) is 9.07. The highest BCUT2D eigenvalue weighted by atomic mass is 32.2. The van der Waals surface area contributed by atoms with E-state index in [1.807, 2.05) is 84.9 Å². The summed E-state index contributed by atoms with van der Waals surface area (Å²) in [5, 5.41) is 1.20. The maximum absolute atomic E-state index is 13.4. The van der Waals surface area contributed by atoms with Crippen LogP contribution in [0.1, 0.15) is 11.1 Å². The number of rotatable bonds is 7. The number of aromatic nitrogens is 2. The highest BCUT2D eigenvalue weighted by molar-refractivity contribution is 8.17. The van der Waals surface area contributed by atoms with Crippen molar-refractivity contribution in [3.8, 4) is 0 Å². The minimum absolute atomic E-state index is 0.189. The summed E-state index contributed by atoms with van der Waals surface area (Å²) in [5.41, 5.74) is 3.82. The number of amidine groups is 2. The first-order valence-electron chi connectivity index (χ1n) is 13.1. The van der Waals surface area contributed by atoms with Gasteiger partial charge in [-0.3, -0.25) is 29.4 Å². The second-order valence-corrected chi connectivity index (χ2v) is 11.2.